The smallest absolute Gasteiger partial charge is 0.182 e. The van der Waals surface area contributed by atoms with E-state index in [0.29, 0.717) is 4.90 Å². The summed E-state index contributed by atoms with van der Waals surface area (Å²) >= 11 is 0. The maximum Gasteiger partial charge on any atom is 0.182 e. The largest absolute Gasteiger partial charge is 0.388 e. The number of rotatable bonds is 4. The topological polar surface area (TPSA) is 46.2 Å². The molecular weight excluding hydrogens is 210 g/mol. The Morgan fingerprint density at radius 2 is 2.13 bits per heavy atom. The third-order valence-corrected chi connectivity index (χ3v) is 3.93. The van der Waals surface area contributed by atoms with Crippen LogP contribution in [-0.4, -0.2) is 21.2 Å². The maximum absolute atomic E-state index is 11.8. The summed E-state index contributed by atoms with van der Waals surface area (Å²) in [5.41, 5.74) is 1.55. The fourth-order valence-electron chi connectivity index (χ4n) is 1.34. The average molecular weight is 225 g/mol. The number of hydrogen-bond donors (Lipinski definition) is 1. The maximum atomic E-state index is 11.8. The van der Waals surface area contributed by atoms with Crippen LogP contribution >= 0.6 is 0 Å². The van der Waals surface area contributed by atoms with E-state index in [2.05, 4.69) is 11.9 Å². The number of hydrogen-bond acceptors (Lipinski definition) is 3. The molecule has 0 spiro atoms. The van der Waals surface area contributed by atoms with Crippen molar-refractivity contribution in [3.05, 3.63) is 36.4 Å². The first-order valence-electron chi connectivity index (χ1n) is 4.63. The fraction of sp³-hybridized carbons (Fsp3) is 0.273. The van der Waals surface area contributed by atoms with Gasteiger partial charge in [0.2, 0.25) is 0 Å². The molecule has 4 heteroatoms. The van der Waals surface area contributed by atoms with E-state index < -0.39 is 9.84 Å². The van der Waals surface area contributed by atoms with Crippen molar-refractivity contribution in [3.63, 3.8) is 0 Å². The lowest BCUT2D eigenvalue weighted by molar-refractivity contribution is 0.598. The first-order valence-corrected chi connectivity index (χ1v) is 6.28. The highest BCUT2D eigenvalue weighted by atomic mass is 32.2. The molecule has 0 heterocycles. The zero-order valence-corrected chi connectivity index (χ0v) is 9.76. The quantitative estimate of drug-likeness (QED) is 0.797. The Morgan fingerprint density at radius 1 is 1.47 bits per heavy atom. The van der Waals surface area contributed by atoms with E-state index in [1.54, 1.807) is 26.1 Å². The van der Waals surface area contributed by atoms with Gasteiger partial charge in [0.05, 0.1) is 10.6 Å². The lowest BCUT2D eigenvalue weighted by Gasteiger charge is -2.08. The molecule has 82 valence electrons. The van der Waals surface area contributed by atoms with E-state index >= 15 is 0 Å². The lowest BCUT2D eigenvalue weighted by Crippen LogP contribution is -2.07. The molecule has 1 N–H and O–H groups in total. The van der Waals surface area contributed by atoms with E-state index in [4.69, 9.17) is 0 Å². The van der Waals surface area contributed by atoms with Crippen molar-refractivity contribution in [3.8, 4) is 0 Å². The van der Waals surface area contributed by atoms with Gasteiger partial charge in [0.15, 0.2) is 9.84 Å². The zero-order chi connectivity index (χ0) is 11.5. The highest BCUT2D eigenvalue weighted by molar-refractivity contribution is 7.91. The Labute approximate surface area is 90.7 Å². The Hall–Kier alpha value is -1.29. The molecule has 0 radical (unpaired) electrons. The van der Waals surface area contributed by atoms with Crippen molar-refractivity contribution in [1.82, 2.24) is 0 Å². The van der Waals surface area contributed by atoms with Gasteiger partial charge in [-0.15, -0.1) is 6.58 Å². The van der Waals surface area contributed by atoms with Crippen LogP contribution in [0.15, 0.2) is 35.7 Å². The third-order valence-electron chi connectivity index (χ3n) is 2.15. The molecule has 1 aromatic carbocycles. The Kier molecular flexibility index (Phi) is 3.52. The van der Waals surface area contributed by atoms with Crippen molar-refractivity contribution >= 4 is 15.5 Å². The Bertz CT molecular complexity index is 463. The van der Waals surface area contributed by atoms with E-state index in [-0.39, 0.29) is 5.75 Å². The molecule has 0 amide bonds. The Morgan fingerprint density at radius 3 is 2.67 bits per heavy atom. The van der Waals surface area contributed by atoms with Gasteiger partial charge in [-0.3, -0.25) is 0 Å². The van der Waals surface area contributed by atoms with Gasteiger partial charge < -0.3 is 5.32 Å². The fourth-order valence-corrected chi connectivity index (χ4v) is 2.69. The number of nitrogens with one attached hydrogen (secondary N) is 1. The van der Waals surface area contributed by atoms with E-state index in [0.717, 1.165) is 11.3 Å². The molecule has 0 aliphatic heterocycles. The van der Waals surface area contributed by atoms with Crippen molar-refractivity contribution in [2.45, 2.75) is 11.8 Å². The van der Waals surface area contributed by atoms with Gasteiger partial charge in [0.1, 0.15) is 0 Å². The second kappa shape index (κ2) is 4.49. The first-order chi connectivity index (χ1) is 7.01. The third kappa shape index (κ3) is 2.59. The summed E-state index contributed by atoms with van der Waals surface area (Å²) < 4.78 is 23.6. The molecule has 0 saturated heterocycles. The van der Waals surface area contributed by atoms with E-state index in [9.17, 15) is 8.42 Å². The van der Waals surface area contributed by atoms with Crippen LogP contribution in [-0.2, 0) is 9.84 Å². The predicted molar refractivity (Wildman–Crippen MR) is 63.0 cm³/mol. The van der Waals surface area contributed by atoms with E-state index in [1.165, 1.54) is 6.08 Å². The number of aryl methyl sites for hydroxylation is 1. The van der Waals surface area contributed by atoms with Crippen LogP contribution in [0.3, 0.4) is 0 Å². The van der Waals surface area contributed by atoms with Gasteiger partial charge in [-0.05, 0) is 24.6 Å². The molecule has 1 rings (SSSR count). The lowest BCUT2D eigenvalue weighted by atomic mass is 10.2. The highest BCUT2D eigenvalue weighted by Crippen LogP contribution is 2.21. The summed E-state index contributed by atoms with van der Waals surface area (Å²) in [6, 6.07) is 5.29. The van der Waals surface area contributed by atoms with Gasteiger partial charge in [-0.2, -0.15) is 0 Å². The number of anilines is 1. The van der Waals surface area contributed by atoms with Crippen LogP contribution in [0.5, 0.6) is 0 Å². The molecule has 0 unspecified atom stereocenters. The van der Waals surface area contributed by atoms with Crippen LogP contribution in [0.4, 0.5) is 5.69 Å². The predicted octanol–water partition coefficient (Wildman–Crippen LogP) is 2.00. The van der Waals surface area contributed by atoms with Crippen LogP contribution in [0.2, 0.25) is 0 Å². The minimum atomic E-state index is -3.23. The van der Waals surface area contributed by atoms with Gasteiger partial charge >= 0.3 is 0 Å². The van der Waals surface area contributed by atoms with Gasteiger partial charge in [-0.1, -0.05) is 12.1 Å². The van der Waals surface area contributed by atoms with Crippen molar-refractivity contribution < 1.29 is 8.42 Å². The molecular formula is C11H15NO2S. The summed E-state index contributed by atoms with van der Waals surface area (Å²) in [5.74, 6) is -0.0268. The second-order valence-electron chi connectivity index (χ2n) is 3.30. The van der Waals surface area contributed by atoms with Crippen molar-refractivity contribution in [2.24, 2.45) is 0 Å². The summed E-state index contributed by atoms with van der Waals surface area (Å²) in [6.45, 7) is 5.24. The first kappa shape index (κ1) is 11.8. The Balaban J connectivity index is 3.29. The normalized spacial score (nSPS) is 11.1. The van der Waals surface area contributed by atoms with Crippen LogP contribution in [0.25, 0.3) is 0 Å². The molecule has 0 fully saturated rings. The monoisotopic (exact) mass is 225 g/mol. The molecule has 0 bridgehead atoms. The number of benzene rings is 1. The van der Waals surface area contributed by atoms with E-state index in [1.807, 2.05) is 6.07 Å². The van der Waals surface area contributed by atoms with Crippen LogP contribution < -0.4 is 5.32 Å². The number of sulfone groups is 1. The summed E-state index contributed by atoms with van der Waals surface area (Å²) in [7, 11) is -1.47. The molecule has 15 heavy (non-hydrogen) atoms. The summed E-state index contributed by atoms with van der Waals surface area (Å²) in [4.78, 5) is 0.370. The SMILES string of the molecule is C=CCS(=O)(=O)c1cc(NC)ccc1C. The van der Waals surface area contributed by atoms with Crippen molar-refractivity contribution in [1.29, 1.82) is 0 Å². The molecule has 1 aromatic rings. The van der Waals surface area contributed by atoms with Crippen molar-refractivity contribution in [2.75, 3.05) is 18.1 Å². The molecule has 0 saturated carbocycles. The van der Waals surface area contributed by atoms with Gasteiger partial charge in [0.25, 0.3) is 0 Å². The standard InChI is InChI=1S/C11H15NO2S/c1-4-7-15(13,14)11-8-10(12-3)6-5-9(11)2/h4-6,8,12H,1,7H2,2-3H3. The van der Waals surface area contributed by atoms with Gasteiger partial charge in [-0.25, -0.2) is 8.42 Å². The minimum Gasteiger partial charge on any atom is -0.388 e. The minimum absolute atomic E-state index is 0.0268. The van der Waals surface area contributed by atoms with Crippen LogP contribution in [0, 0.1) is 6.92 Å². The summed E-state index contributed by atoms with van der Waals surface area (Å²) in [6.07, 6.45) is 1.40. The molecule has 0 aliphatic rings. The molecule has 0 atom stereocenters. The van der Waals surface area contributed by atoms with Crippen LogP contribution in [0.1, 0.15) is 5.56 Å². The second-order valence-corrected chi connectivity index (χ2v) is 5.30. The summed E-state index contributed by atoms with van der Waals surface area (Å²) in [5, 5.41) is 2.92. The molecule has 3 nitrogen and oxygen atoms in total. The average Bonchev–Trinajstić information content (AvgIpc) is 2.18. The zero-order valence-electron chi connectivity index (χ0n) is 8.95. The molecule has 0 aliphatic carbocycles. The molecule has 0 aromatic heterocycles. The van der Waals surface area contributed by atoms with Gasteiger partial charge in [0, 0.05) is 12.7 Å². The highest BCUT2D eigenvalue weighted by Gasteiger charge is 2.15.